The number of nitrogens with one attached hydrogen (secondary N) is 1. The van der Waals surface area contributed by atoms with Gasteiger partial charge in [-0.2, -0.15) is 0 Å². The zero-order chi connectivity index (χ0) is 19.3. The van der Waals surface area contributed by atoms with Gasteiger partial charge in [0, 0.05) is 44.4 Å². The average Bonchev–Trinajstić information content (AvgIpc) is 2.97. The van der Waals surface area contributed by atoms with Gasteiger partial charge in [-0.25, -0.2) is 0 Å². The van der Waals surface area contributed by atoms with Crippen molar-refractivity contribution in [1.29, 1.82) is 0 Å². The predicted molar refractivity (Wildman–Crippen MR) is 110 cm³/mol. The van der Waals surface area contributed by atoms with Gasteiger partial charge in [-0.05, 0) is 50.4 Å². The van der Waals surface area contributed by atoms with E-state index in [-0.39, 0.29) is 12.0 Å². The third-order valence-electron chi connectivity index (χ3n) is 6.30. The molecule has 1 aromatic rings. The number of rotatable bonds is 5. The number of carbonyl (C=O) groups is 1. The van der Waals surface area contributed by atoms with Crippen LogP contribution in [0.1, 0.15) is 44.1 Å². The first kappa shape index (κ1) is 19.7. The van der Waals surface area contributed by atoms with E-state index in [0.717, 1.165) is 49.5 Å². The van der Waals surface area contributed by atoms with E-state index in [9.17, 15) is 9.90 Å². The molecule has 2 saturated heterocycles. The molecular formula is C22H33N3O3. The predicted octanol–water partition coefficient (Wildman–Crippen LogP) is 2.26. The van der Waals surface area contributed by atoms with E-state index in [1.54, 1.807) is 0 Å². The number of aryl methyl sites for hydroxylation is 1. The molecule has 0 aliphatic carbocycles. The van der Waals surface area contributed by atoms with Gasteiger partial charge in [-0.3, -0.25) is 9.69 Å². The number of aliphatic hydroxyl groups is 1. The third-order valence-corrected chi connectivity index (χ3v) is 6.30. The van der Waals surface area contributed by atoms with E-state index in [1.807, 2.05) is 18.2 Å². The molecule has 154 valence electrons. The first-order valence-electron chi connectivity index (χ1n) is 10.9. The molecule has 0 saturated carbocycles. The summed E-state index contributed by atoms with van der Waals surface area (Å²) >= 11 is 0. The summed E-state index contributed by atoms with van der Waals surface area (Å²) in [5.41, 5.74) is 1.99. The number of likely N-dealkylation sites (tertiary alicyclic amines) is 2. The summed E-state index contributed by atoms with van der Waals surface area (Å²) in [6.45, 7) is 6.18. The maximum Gasteiger partial charge on any atom is 0.224 e. The van der Waals surface area contributed by atoms with Crippen LogP contribution in [0, 0.1) is 0 Å². The van der Waals surface area contributed by atoms with E-state index in [1.165, 1.54) is 38.8 Å². The molecule has 0 spiro atoms. The molecule has 2 atom stereocenters. The summed E-state index contributed by atoms with van der Waals surface area (Å²) in [5, 5.41) is 13.5. The van der Waals surface area contributed by atoms with Crippen LogP contribution in [0.25, 0.3) is 0 Å². The fourth-order valence-electron chi connectivity index (χ4n) is 4.56. The van der Waals surface area contributed by atoms with Gasteiger partial charge < -0.3 is 20.1 Å². The second kappa shape index (κ2) is 9.25. The average molecular weight is 388 g/mol. The first-order chi connectivity index (χ1) is 13.7. The number of carbonyl (C=O) groups excluding carboxylic acids is 1. The monoisotopic (exact) mass is 387 g/mol. The molecule has 28 heavy (non-hydrogen) atoms. The number of anilines is 1. The zero-order valence-corrected chi connectivity index (χ0v) is 16.7. The van der Waals surface area contributed by atoms with Crippen molar-refractivity contribution in [3.63, 3.8) is 0 Å². The summed E-state index contributed by atoms with van der Waals surface area (Å²) in [5.74, 6) is 0.783. The van der Waals surface area contributed by atoms with Crippen molar-refractivity contribution in [2.45, 2.75) is 57.2 Å². The van der Waals surface area contributed by atoms with Crippen LogP contribution in [-0.2, 0) is 11.2 Å². The minimum atomic E-state index is -0.483. The largest absolute Gasteiger partial charge is 0.488 e. The lowest BCUT2D eigenvalue weighted by molar-refractivity contribution is -0.116. The topological polar surface area (TPSA) is 65.0 Å². The van der Waals surface area contributed by atoms with E-state index in [4.69, 9.17) is 4.74 Å². The number of aliphatic hydroxyl groups excluding tert-OH is 1. The fourth-order valence-corrected chi connectivity index (χ4v) is 4.56. The highest BCUT2D eigenvalue weighted by Crippen LogP contribution is 2.29. The first-order valence-corrected chi connectivity index (χ1v) is 10.9. The maximum atomic E-state index is 11.6. The van der Waals surface area contributed by atoms with Crippen LogP contribution in [0.3, 0.4) is 0 Å². The fraction of sp³-hybridized carbons (Fsp3) is 0.682. The van der Waals surface area contributed by atoms with E-state index in [0.29, 0.717) is 13.0 Å². The van der Waals surface area contributed by atoms with Gasteiger partial charge in [-0.1, -0.05) is 18.9 Å². The van der Waals surface area contributed by atoms with Crippen LogP contribution in [0.15, 0.2) is 18.2 Å². The summed E-state index contributed by atoms with van der Waals surface area (Å²) in [6, 6.07) is 5.87. The molecule has 1 aromatic carbocycles. The Morgan fingerprint density at radius 3 is 2.61 bits per heavy atom. The lowest BCUT2D eigenvalue weighted by atomic mass is 10.0. The van der Waals surface area contributed by atoms with Crippen LogP contribution < -0.4 is 10.1 Å². The second-order valence-corrected chi connectivity index (χ2v) is 8.44. The molecule has 3 heterocycles. The van der Waals surface area contributed by atoms with Gasteiger partial charge in [-0.15, -0.1) is 0 Å². The number of β-amino-alcohol motifs (C(OH)–C–C–N with tert-alkyl or cyclic N) is 1. The number of benzene rings is 1. The molecule has 0 radical (unpaired) electrons. The van der Waals surface area contributed by atoms with Crippen LogP contribution >= 0.6 is 0 Å². The maximum absolute atomic E-state index is 11.6. The SMILES string of the molecule is O=C1CCc2ccc(O[C@@H]3CCN(CCN4CCCCCC4)C[C@H]3O)cc2N1. The molecule has 3 aliphatic rings. The highest BCUT2D eigenvalue weighted by molar-refractivity contribution is 5.94. The van der Waals surface area contributed by atoms with Crippen molar-refractivity contribution in [3.8, 4) is 5.75 Å². The van der Waals surface area contributed by atoms with Crippen molar-refractivity contribution in [2.75, 3.05) is 44.6 Å². The summed E-state index contributed by atoms with van der Waals surface area (Å²) in [4.78, 5) is 16.5. The number of hydrogen-bond donors (Lipinski definition) is 2. The molecule has 3 aliphatic heterocycles. The van der Waals surface area contributed by atoms with Crippen molar-refractivity contribution < 1.29 is 14.6 Å². The van der Waals surface area contributed by atoms with E-state index >= 15 is 0 Å². The summed E-state index contributed by atoms with van der Waals surface area (Å²) in [6.07, 6.45) is 6.84. The quantitative estimate of drug-likeness (QED) is 0.811. The Hall–Kier alpha value is -1.63. The Labute approximate surface area is 167 Å². The number of amides is 1. The van der Waals surface area contributed by atoms with Crippen LogP contribution in [-0.4, -0.2) is 72.3 Å². The molecule has 2 N–H and O–H groups in total. The highest BCUT2D eigenvalue weighted by atomic mass is 16.5. The zero-order valence-electron chi connectivity index (χ0n) is 16.7. The number of nitrogens with zero attached hydrogens (tertiary/aromatic N) is 2. The minimum absolute atomic E-state index is 0.0578. The Morgan fingerprint density at radius 2 is 1.82 bits per heavy atom. The Kier molecular flexibility index (Phi) is 6.50. The Morgan fingerprint density at radius 1 is 1.04 bits per heavy atom. The van der Waals surface area contributed by atoms with Crippen molar-refractivity contribution in [3.05, 3.63) is 23.8 Å². The van der Waals surface area contributed by atoms with Gasteiger partial charge in [0.25, 0.3) is 0 Å². The lowest BCUT2D eigenvalue weighted by Crippen LogP contribution is -2.50. The number of hydrogen-bond acceptors (Lipinski definition) is 5. The van der Waals surface area contributed by atoms with E-state index in [2.05, 4.69) is 15.1 Å². The molecule has 0 unspecified atom stereocenters. The molecule has 6 nitrogen and oxygen atoms in total. The molecule has 1 amide bonds. The van der Waals surface area contributed by atoms with Crippen molar-refractivity contribution in [2.24, 2.45) is 0 Å². The Bertz CT molecular complexity index is 673. The molecule has 4 rings (SSSR count). The van der Waals surface area contributed by atoms with E-state index < -0.39 is 6.10 Å². The van der Waals surface area contributed by atoms with Gasteiger partial charge >= 0.3 is 0 Å². The molecule has 6 heteroatoms. The van der Waals surface area contributed by atoms with Crippen LogP contribution in [0.2, 0.25) is 0 Å². The molecule has 2 fully saturated rings. The van der Waals surface area contributed by atoms with Crippen molar-refractivity contribution in [1.82, 2.24) is 9.80 Å². The van der Waals surface area contributed by atoms with Crippen molar-refractivity contribution >= 4 is 11.6 Å². The van der Waals surface area contributed by atoms with Gasteiger partial charge in [0.05, 0.1) is 0 Å². The molecular weight excluding hydrogens is 354 g/mol. The summed E-state index contributed by atoms with van der Waals surface area (Å²) in [7, 11) is 0. The summed E-state index contributed by atoms with van der Waals surface area (Å²) < 4.78 is 6.09. The second-order valence-electron chi connectivity index (χ2n) is 8.44. The normalized spacial score (nSPS) is 27.0. The minimum Gasteiger partial charge on any atom is -0.488 e. The molecule has 0 bridgehead atoms. The molecule has 0 aromatic heterocycles. The van der Waals surface area contributed by atoms with Gasteiger partial charge in [0.1, 0.15) is 18.0 Å². The smallest absolute Gasteiger partial charge is 0.224 e. The standard InChI is InChI=1S/C22H33N3O3/c26-20-16-25(14-13-24-10-3-1-2-4-11-24)12-9-21(20)28-18-7-5-17-6-8-22(27)23-19(17)15-18/h5,7,15,20-21,26H,1-4,6,8-14,16H2,(H,23,27)/t20-,21-/m1/s1. The Balaban J connectivity index is 1.26. The third kappa shape index (κ3) is 5.04. The number of ether oxygens (including phenoxy) is 1. The van der Waals surface area contributed by atoms with Gasteiger partial charge in [0.15, 0.2) is 0 Å². The number of fused-ring (bicyclic) bond motifs is 1. The lowest BCUT2D eigenvalue weighted by Gasteiger charge is -2.37. The van der Waals surface area contributed by atoms with Crippen LogP contribution in [0.4, 0.5) is 5.69 Å². The van der Waals surface area contributed by atoms with Gasteiger partial charge in [0.2, 0.25) is 5.91 Å². The number of piperidine rings is 1. The van der Waals surface area contributed by atoms with Crippen LogP contribution in [0.5, 0.6) is 5.75 Å². The highest BCUT2D eigenvalue weighted by Gasteiger charge is 2.29.